The molecule has 0 aliphatic carbocycles. The monoisotopic (exact) mass is 324 g/mol. The Balaban J connectivity index is 2.45. The number of carbonyl (C=O) groups is 1. The Morgan fingerprint density at radius 3 is 2.55 bits per heavy atom. The van der Waals surface area contributed by atoms with Gasteiger partial charge in [0.05, 0.1) is 12.3 Å². The molecule has 0 aliphatic heterocycles. The van der Waals surface area contributed by atoms with Gasteiger partial charge in [-0.25, -0.2) is 4.79 Å². The van der Waals surface area contributed by atoms with Crippen LogP contribution in [-0.2, 0) is 0 Å². The van der Waals surface area contributed by atoms with E-state index in [4.69, 9.17) is 26.3 Å². The van der Waals surface area contributed by atoms with E-state index in [0.717, 1.165) is 0 Å². The molecule has 116 valence electrons. The van der Waals surface area contributed by atoms with Crippen LogP contribution in [0.2, 0.25) is 5.02 Å². The maximum Gasteiger partial charge on any atom is 0.351 e. The molecule has 8 heteroatoms. The Labute approximate surface area is 130 Å². The summed E-state index contributed by atoms with van der Waals surface area (Å²) in [5.41, 5.74) is 0.963. The minimum atomic E-state index is -0.917. The van der Waals surface area contributed by atoms with Gasteiger partial charge in [-0.3, -0.25) is 15.5 Å². The molecule has 0 saturated carbocycles. The van der Waals surface area contributed by atoms with Crippen molar-refractivity contribution in [1.82, 2.24) is 5.32 Å². The Bertz CT molecular complexity index is 727. The van der Waals surface area contributed by atoms with Gasteiger partial charge in [0.25, 0.3) is 5.91 Å². The van der Waals surface area contributed by atoms with E-state index in [1.807, 2.05) is 0 Å². The number of nitrogens with one attached hydrogen (secondary N) is 2. The number of carbonyl (C=O) groups excluding carboxylic acids is 1. The zero-order chi connectivity index (χ0) is 16.1. The van der Waals surface area contributed by atoms with Gasteiger partial charge in [-0.15, -0.1) is 0 Å². The lowest BCUT2D eigenvalue weighted by Gasteiger charge is -2.09. The van der Waals surface area contributed by atoms with Gasteiger partial charge in [0, 0.05) is 23.2 Å². The molecule has 0 saturated heterocycles. The molecule has 0 fully saturated rings. The lowest BCUT2D eigenvalue weighted by atomic mass is 10.1. The van der Waals surface area contributed by atoms with Crippen LogP contribution in [0, 0.1) is 0 Å². The van der Waals surface area contributed by atoms with Gasteiger partial charge in [0.15, 0.2) is 5.56 Å². The fraction of sp³-hybridized carbons (Fsp3) is 0.143. The molecule has 4 N–H and O–H groups in total. The van der Waals surface area contributed by atoms with Crippen LogP contribution in [0.4, 0.5) is 5.69 Å². The van der Waals surface area contributed by atoms with Gasteiger partial charge < -0.3 is 14.8 Å². The van der Waals surface area contributed by atoms with Crippen molar-refractivity contribution in [2.45, 2.75) is 0 Å². The number of hydrogen-bond donors (Lipinski definition) is 4. The highest BCUT2D eigenvalue weighted by Crippen LogP contribution is 2.24. The summed E-state index contributed by atoms with van der Waals surface area (Å²) in [7, 11) is 0. The molecule has 2 rings (SSSR count). The molecule has 1 aromatic heterocycles. The minimum Gasteiger partial charge on any atom is -0.422 e. The first-order valence-electron chi connectivity index (χ1n) is 6.30. The lowest BCUT2D eigenvalue weighted by molar-refractivity contribution is 0.0941. The highest BCUT2D eigenvalue weighted by molar-refractivity contribution is 6.30. The van der Waals surface area contributed by atoms with E-state index in [9.17, 15) is 9.59 Å². The third-order valence-corrected chi connectivity index (χ3v) is 3.08. The van der Waals surface area contributed by atoms with Crippen LogP contribution in [0.1, 0.15) is 10.4 Å². The first-order valence-corrected chi connectivity index (χ1v) is 6.68. The van der Waals surface area contributed by atoms with E-state index in [0.29, 0.717) is 10.6 Å². The lowest BCUT2D eigenvalue weighted by Crippen LogP contribution is -2.31. The molecule has 0 spiro atoms. The quantitative estimate of drug-likeness (QED) is 0.620. The highest BCUT2D eigenvalue weighted by atomic mass is 35.5. The van der Waals surface area contributed by atoms with E-state index >= 15 is 0 Å². The summed E-state index contributed by atoms with van der Waals surface area (Å²) in [6.07, 6.45) is 0. The molecule has 1 amide bonds. The molecule has 0 aliphatic rings. The van der Waals surface area contributed by atoms with Crippen molar-refractivity contribution < 1.29 is 19.5 Å². The smallest absolute Gasteiger partial charge is 0.351 e. The molecule has 0 atom stereocenters. The number of amides is 1. The summed E-state index contributed by atoms with van der Waals surface area (Å²) in [6, 6.07) is 7.81. The van der Waals surface area contributed by atoms with E-state index in [2.05, 4.69) is 5.32 Å². The molecule has 1 heterocycles. The van der Waals surface area contributed by atoms with E-state index in [1.165, 1.54) is 6.07 Å². The Kier molecular flexibility index (Phi) is 5.16. The van der Waals surface area contributed by atoms with Crippen molar-refractivity contribution in [2.75, 3.05) is 18.6 Å². The maximum absolute atomic E-state index is 12.0. The predicted molar refractivity (Wildman–Crippen MR) is 80.3 cm³/mol. The third-order valence-electron chi connectivity index (χ3n) is 2.83. The molecule has 7 nitrogen and oxygen atoms in total. The molecular weight excluding hydrogens is 312 g/mol. The Hall–Kier alpha value is -2.35. The maximum atomic E-state index is 12.0. The average molecular weight is 325 g/mol. The van der Waals surface area contributed by atoms with Crippen LogP contribution >= 0.6 is 11.6 Å². The molecule has 0 bridgehead atoms. The van der Waals surface area contributed by atoms with Crippen molar-refractivity contribution >= 4 is 23.2 Å². The Morgan fingerprint density at radius 1 is 1.27 bits per heavy atom. The summed E-state index contributed by atoms with van der Waals surface area (Å²) >= 11 is 5.79. The van der Waals surface area contributed by atoms with Crippen molar-refractivity contribution in [3.63, 3.8) is 0 Å². The zero-order valence-corrected chi connectivity index (χ0v) is 12.1. The van der Waals surface area contributed by atoms with Crippen LogP contribution < -0.4 is 16.4 Å². The zero-order valence-electron chi connectivity index (χ0n) is 11.3. The fourth-order valence-electron chi connectivity index (χ4n) is 1.81. The van der Waals surface area contributed by atoms with Crippen molar-refractivity contribution in [1.29, 1.82) is 0 Å². The molecule has 2 aromatic rings. The molecule has 1 aromatic carbocycles. The average Bonchev–Trinajstić information content (AvgIpc) is 2.52. The first kappa shape index (κ1) is 16.0. The SMILES string of the molecule is O=C(NCCO)c1c(NO)cc(-c2ccc(Cl)cc2)oc1=O. The van der Waals surface area contributed by atoms with Crippen LogP contribution in [0.25, 0.3) is 11.3 Å². The van der Waals surface area contributed by atoms with Crippen LogP contribution in [-0.4, -0.2) is 29.4 Å². The highest BCUT2D eigenvalue weighted by Gasteiger charge is 2.19. The van der Waals surface area contributed by atoms with Gasteiger partial charge in [-0.1, -0.05) is 11.6 Å². The fourth-order valence-corrected chi connectivity index (χ4v) is 1.94. The summed E-state index contributed by atoms with van der Waals surface area (Å²) in [5, 5.41) is 20.7. The number of hydrogen-bond acceptors (Lipinski definition) is 6. The standard InChI is InChI=1S/C14H13ClN2O5/c15-9-3-1-8(2-4-9)11-7-10(17-21)12(14(20)22-11)13(19)16-5-6-18/h1-4,7,17-18,21H,5-6H2,(H,16,19). The second-order valence-electron chi connectivity index (χ2n) is 4.28. The molecule has 0 radical (unpaired) electrons. The van der Waals surface area contributed by atoms with Gasteiger partial charge in [0.1, 0.15) is 5.76 Å². The predicted octanol–water partition coefficient (Wildman–Crippen LogP) is 1.48. The van der Waals surface area contributed by atoms with Crippen LogP contribution in [0.3, 0.4) is 0 Å². The normalized spacial score (nSPS) is 10.3. The van der Waals surface area contributed by atoms with Crippen molar-refractivity contribution in [2.24, 2.45) is 0 Å². The van der Waals surface area contributed by atoms with Crippen molar-refractivity contribution in [3.8, 4) is 11.3 Å². The summed E-state index contributed by atoms with van der Waals surface area (Å²) in [4.78, 5) is 23.8. The summed E-state index contributed by atoms with van der Waals surface area (Å²) < 4.78 is 5.10. The molecule has 22 heavy (non-hydrogen) atoms. The van der Waals surface area contributed by atoms with E-state index < -0.39 is 11.5 Å². The number of anilines is 1. The second kappa shape index (κ2) is 7.08. The number of rotatable bonds is 5. The van der Waals surface area contributed by atoms with Crippen molar-refractivity contribution in [3.05, 3.63) is 51.3 Å². The van der Waals surface area contributed by atoms with Gasteiger partial charge in [0.2, 0.25) is 0 Å². The topological polar surface area (TPSA) is 112 Å². The summed E-state index contributed by atoms with van der Waals surface area (Å²) in [5.74, 6) is -0.598. The molecule has 0 unspecified atom stereocenters. The number of halogens is 1. The van der Waals surface area contributed by atoms with Crippen LogP contribution in [0.15, 0.2) is 39.5 Å². The number of benzene rings is 1. The van der Waals surface area contributed by atoms with Gasteiger partial charge in [-0.05, 0) is 24.3 Å². The number of aliphatic hydroxyl groups excluding tert-OH is 1. The minimum absolute atomic E-state index is 0.0257. The van der Waals surface area contributed by atoms with E-state index in [-0.39, 0.29) is 30.2 Å². The Morgan fingerprint density at radius 2 is 1.95 bits per heavy atom. The van der Waals surface area contributed by atoms with Gasteiger partial charge in [-0.2, -0.15) is 0 Å². The second-order valence-corrected chi connectivity index (χ2v) is 4.72. The molecular formula is C14H13ClN2O5. The largest absolute Gasteiger partial charge is 0.422 e. The first-order chi connectivity index (χ1) is 10.6. The van der Waals surface area contributed by atoms with E-state index in [1.54, 1.807) is 29.7 Å². The number of aliphatic hydroxyl groups is 1. The van der Waals surface area contributed by atoms with Gasteiger partial charge >= 0.3 is 5.63 Å². The van der Waals surface area contributed by atoms with Crippen LogP contribution in [0.5, 0.6) is 0 Å². The third kappa shape index (κ3) is 3.45. The summed E-state index contributed by atoms with van der Waals surface area (Å²) in [6.45, 7) is -0.302.